The monoisotopic (exact) mass is 449 g/mol. The van der Waals surface area contributed by atoms with Crippen LogP contribution in [-0.4, -0.2) is 20.5 Å². The van der Waals surface area contributed by atoms with E-state index in [0.29, 0.717) is 24.0 Å². The maximum absolute atomic E-state index is 11.3. The average molecular weight is 449 g/mol. The van der Waals surface area contributed by atoms with E-state index in [2.05, 4.69) is 9.55 Å². The van der Waals surface area contributed by atoms with Gasteiger partial charge in [0.2, 0.25) is 5.88 Å². The molecule has 0 aliphatic heterocycles. The van der Waals surface area contributed by atoms with Gasteiger partial charge in [-0.3, -0.25) is 0 Å². The van der Waals surface area contributed by atoms with Gasteiger partial charge in [0.05, 0.1) is 17.0 Å². The zero-order valence-corrected chi connectivity index (χ0v) is 20.7. The molecule has 33 heavy (non-hydrogen) atoms. The van der Waals surface area contributed by atoms with Crippen LogP contribution in [0.5, 0.6) is 5.88 Å². The fraction of sp³-hybridized carbons (Fsp3) is 0.269. The van der Waals surface area contributed by atoms with E-state index in [-0.39, 0.29) is 35.1 Å². The van der Waals surface area contributed by atoms with Gasteiger partial charge in [-0.1, -0.05) is 55.7 Å². The summed E-state index contributed by atoms with van der Waals surface area (Å²) in [6, 6.07) is 19.2. The van der Waals surface area contributed by atoms with Crippen molar-refractivity contribution < 1.29 is 44.2 Å². The second-order valence-corrected chi connectivity index (χ2v) is 8.25. The number of carboxylic acid groups (broad SMARTS) is 1. The largest absolute Gasteiger partial charge is 1.00 e. The van der Waals surface area contributed by atoms with E-state index in [1.165, 1.54) is 19.3 Å². The van der Waals surface area contributed by atoms with Gasteiger partial charge < -0.3 is 19.2 Å². The van der Waals surface area contributed by atoms with Gasteiger partial charge in [0, 0.05) is 23.9 Å². The number of imidazole rings is 1. The molecule has 1 aliphatic rings. The Morgan fingerprint density at radius 3 is 2.52 bits per heavy atom. The molecular formula is C26H24N3NaO3. The van der Waals surface area contributed by atoms with Crippen molar-refractivity contribution in [3.63, 3.8) is 0 Å². The number of nitrogens with zero attached hydrogens (tertiary/aromatic N) is 3. The Morgan fingerprint density at radius 2 is 1.82 bits per heavy atom. The predicted octanol–water partition coefficient (Wildman–Crippen LogP) is 1.55. The van der Waals surface area contributed by atoms with E-state index in [1.807, 2.05) is 48.5 Å². The minimum absolute atomic E-state index is 0. The van der Waals surface area contributed by atoms with Gasteiger partial charge in [-0.05, 0) is 42.2 Å². The van der Waals surface area contributed by atoms with Gasteiger partial charge in [-0.2, -0.15) is 0 Å². The third-order valence-electron chi connectivity index (χ3n) is 6.09. The van der Waals surface area contributed by atoms with Crippen molar-refractivity contribution in [1.82, 2.24) is 14.5 Å². The number of fused-ring (bicyclic) bond motifs is 1. The number of hydrogen-bond donors (Lipinski definition) is 0. The van der Waals surface area contributed by atoms with Crippen LogP contribution in [0.25, 0.3) is 22.4 Å². The van der Waals surface area contributed by atoms with Crippen LogP contribution >= 0.6 is 0 Å². The van der Waals surface area contributed by atoms with Crippen LogP contribution in [0.4, 0.5) is 0 Å². The molecule has 2 aromatic carbocycles. The molecule has 2 heterocycles. The molecule has 1 aliphatic carbocycles. The molecule has 6 nitrogen and oxygen atoms in total. The van der Waals surface area contributed by atoms with Crippen molar-refractivity contribution in [2.45, 2.75) is 44.8 Å². The van der Waals surface area contributed by atoms with Crippen molar-refractivity contribution in [3.05, 3.63) is 78.0 Å². The zero-order valence-electron chi connectivity index (χ0n) is 18.7. The fourth-order valence-electron chi connectivity index (χ4n) is 4.47. The third kappa shape index (κ3) is 5.13. The number of hydrogen-bond acceptors (Lipinski definition) is 5. The Balaban J connectivity index is 0.00000259. The van der Waals surface area contributed by atoms with E-state index < -0.39 is 5.97 Å². The molecule has 0 spiro atoms. The first kappa shape index (κ1) is 23.5. The van der Waals surface area contributed by atoms with Crippen LogP contribution in [0.2, 0.25) is 0 Å². The molecule has 0 amide bonds. The molecule has 0 N–H and O–H groups in total. The molecule has 4 aromatic rings. The number of carbonyl (C=O) groups excluding carboxylic acids is 1. The quantitative estimate of drug-likeness (QED) is 0.418. The molecule has 0 saturated heterocycles. The number of pyridine rings is 1. The number of carboxylic acids is 1. The first-order valence-corrected chi connectivity index (χ1v) is 11.1. The van der Waals surface area contributed by atoms with Gasteiger partial charge in [-0.15, -0.1) is 0 Å². The number of aromatic nitrogens is 3. The number of benzene rings is 2. The molecule has 0 unspecified atom stereocenters. The fourth-order valence-corrected chi connectivity index (χ4v) is 4.47. The van der Waals surface area contributed by atoms with Gasteiger partial charge in [0.15, 0.2) is 0 Å². The molecule has 162 valence electrons. The molecule has 1 saturated carbocycles. The minimum Gasteiger partial charge on any atom is -0.545 e. The van der Waals surface area contributed by atoms with Crippen LogP contribution in [0.3, 0.4) is 0 Å². The normalized spacial score (nSPS) is 14.1. The SMILES string of the molecule is O=C([O-])c1ccc2c(c1)nc(-c1ccc(OCc3ccccc3)nc1)n2C1CCCCC1.[Na+]. The van der Waals surface area contributed by atoms with Gasteiger partial charge >= 0.3 is 29.6 Å². The van der Waals surface area contributed by atoms with E-state index in [0.717, 1.165) is 35.3 Å². The Hall–Kier alpha value is -2.67. The van der Waals surface area contributed by atoms with Gasteiger partial charge in [0.25, 0.3) is 0 Å². The average Bonchev–Trinajstić information content (AvgIpc) is 3.23. The summed E-state index contributed by atoms with van der Waals surface area (Å²) in [7, 11) is 0. The molecule has 0 atom stereocenters. The number of ether oxygens (including phenoxy) is 1. The molecule has 7 heteroatoms. The second-order valence-electron chi connectivity index (χ2n) is 8.25. The van der Waals surface area contributed by atoms with Crippen molar-refractivity contribution in [1.29, 1.82) is 0 Å². The van der Waals surface area contributed by atoms with Crippen LogP contribution in [0.1, 0.15) is 54.1 Å². The maximum atomic E-state index is 11.3. The first-order valence-electron chi connectivity index (χ1n) is 11.1. The Bertz CT molecular complexity index is 1230. The van der Waals surface area contributed by atoms with Crippen molar-refractivity contribution in [2.75, 3.05) is 0 Å². The van der Waals surface area contributed by atoms with Gasteiger partial charge in [-0.25, -0.2) is 9.97 Å². The van der Waals surface area contributed by atoms with Crippen molar-refractivity contribution in [3.8, 4) is 17.3 Å². The maximum Gasteiger partial charge on any atom is 1.00 e. The number of carbonyl (C=O) groups is 1. The number of aromatic carboxylic acids is 1. The predicted molar refractivity (Wildman–Crippen MR) is 120 cm³/mol. The van der Waals surface area contributed by atoms with Crippen molar-refractivity contribution in [2.24, 2.45) is 0 Å². The summed E-state index contributed by atoms with van der Waals surface area (Å²) in [5.41, 5.74) is 3.72. The van der Waals surface area contributed by atoms with E-state index >= 15 is 0 Å². The molecule has 5 rings (SSSR count). The van der Waals surface area contributed by atoms with Gasteiger partial charge in [0.1, 0.15) is 12.4 Å². The van der Waals surface area contributed by atoms with E-state index in [4.69, 9.17) is 9.72 Å². The summed E-state index contributed by atoms with van der Waals surface area (Å²) in [4.78, 5) is 20.6. The smallest absolute Gasteiger partial charge is 0.545 e. The molecule has 1 fully saturated rings. The third-order valence-corrected chi connectivity index (χ3v) is 6.09. The van der Waals surface area contributed by atoms with E-state index in [9.17, 15) is 9.90 Å². The summed E-state index contributed by atoms with van der Waals surface area (Å²) in [5, 5.41) is 11.3. The molecular weight excluding hydrogens is 425 g/mol. The Morgan fingerprint density at radius 1 is 1.03 bits per heavy atom. The van der Waals surface area contributed by atoms with Crippen LogP contribution in [0, 0.1) is 0 Å². The summed E-state index contributed by atoms with van der Waals surface area (Å²) in [6.45, 7) is 0.458. The van der Waals surface area contributed by atoms with Crippen LogP contribution in [-0.2, 0) is 6.61 Å². The van der Waals surface area contributed by atoms with E-state index in [1.54, 1.807) is 18.3 Å². The van der Waals surface area contributed by atoms with Crippen LogP contribution in [0.15, 0.2) is 66.9 Å². The Kier molecular flexibility index (Phi) is 7.48. The molecule has 0 radical (unpaired) electrons. The second kappa shape index (κ2) is 10.5. The van der Waals surface area contributed by atoms with Crippen LogP contribution < -0.4 is 39.4 Å². The zero-order chi connectivity index (χ0) is 21.9. The summed E-state index contributed by atoms with van der Waals surface area (Å²) >= 11 is 0. The molecule has 0 bridgehead atoms. The summed E-state index contributed by atoms with van der Waals surface area (Å²) < 4.78 is 8.08. The summed E-state index contributed by atoms with van der Waals surface area (Å²) in [6.07, 6.45) is 7.58. The summed E-state index contributed by atoms with van der Waals surface area (Å²) in [5.74, 6) is 0.170. The topological polar surface area (TPSA) is 80.1 Å². The van der Waals surface area contributed by atoms with Crippen molar-refractivity contribution >= 4 is 17.0 Å². The standard InChI is InChI=1S/C26H25N3O3.Na/c30-26(31)19-11-13-23-22(15-19)28-25(29(23)21-9-5-2-6-10-21)20-12-14-24(27-16-20)32-17-18-7-3-1-4-8-18;/h1,3-4,7-8,11-16,21H,2,5-6,9-10,17H2,(H,30,31);/q;+1/p-1. The number of rotatable bonds is 6. The minimum atomic E-state index is -1.19. The Labute approximate surface area is 214 Å². The molecule has 2 aromatic heterocycles. The first-order chi connectivity index (χ1) is 15.7.